The summed E-state index contributed by atoms with van der Waals surface area (Å²) in [6, 6.07) is 11.7. The van der Waals surface area contributed by atoms with Crippen LogP contribution in [-0.4, -0.2) is 79.6 Å². The van der Waals surface area contributed by atoms with Crippen LogP contribution >= 0.6 is 0 Å². The van der Waals surface area contributed by atoms with E-state index in [4.69, 9.17) is 14.2 Å². The first-order valence-corrected chi connectivity index (χ1v) is 16.9. The summed E-state index contributed by atoms with van der Waals surface area (Å²) in [5.41, 5.74) is 1.11. The van der Waals surface area contributed by atoms with Crippen molar-refractivity contribution in [2.45, 2.75) is 42.5 Å². The van der Waals surface area contributed by atoms with Gasteiger partial charge in [0.25, 0.3) is 0 Å². The summed E-state index contributed by atoms with van der Waals surface area (Å²) in [4.78, 5) is 43.6. The molecule has 4 aromatic rings. The van der Waals surface area contributed by atoms with Crippen LogP contribution in [0.25, 0.3) is 10.8 Å². The van der Waals surface area contributed by atoms with Gasteiger partial charge in [0.2, 0.25) is 5.91 Å². The third-order valence-electron chi connectivity index (χ3n) is 8.66. The highest BCUT2D eigenvalue weighted by molar-refractivity contribution is 7.92. The van der Waals surface area contributed by atoms with E-state index in [9.17, 15) is 33.0 Å². The van der Waals surface area contributed by atoms with Crippen LogP contribution in [-0.2, 0) is 24.2 Å². The van der Waals surface area contributed by atoms with Crippen LogP contribution in [0.2, 0.25) is 0 Å². The van der Waals surface area contributed by atoms with Gasteiger partial charge >= 0.3 is 12.1 Å². The van der Waals surface area contributed by atoms with Crippen LogP contribution in [0, 0.1) is 5.92 Å². The number of fused-ring (bicyclic) bond motifs is 1. The second kappa shape index (κ2) is 14.0. The third kappa shape index (κ3) is 6.79. The molecule has 0 bridgehead atoms. The summed E-state index contributed by atoms with van der Waals surface area (Å²) in [5.74, 6) is -2.26. The zero-order valence-corrected chi connectivity index (χ0v) is 28.3. The van der Waals surface area contributed by atoms with Crippen molar-refractivity contribution in [3.8, 4) is 17.4 Å². The maximum atomic E-state index is 14.8. The zero-order valence-electron chi connectivity index (χ0n) is 27.5. The lowest BCUT2D eigenvalue weighted by molar-refractivity contribution is -0.143. The number of ether oxygens (including phenoxy) is 3. The van der Waals surface area contributed by atoms with Crippen molar-refractivity contribution in [3.63, 3.8) is 0 Å². The number of methoxy groups -OCH3 is 3. The van der Waals surface area contributed by atoms with E-state index in [0.29, 0.717) is 28.1 Å². The van der Waals surface area contributed by atoms with E-state index >= 15 is 0 Å². The number of hydrogen-bond donors (Lipinski definition) is 5. The van der Waals surface area contributed by atoms with E-state index < -0.39 is 51.1 Å². The van der Waals surface area contributed by atoms with Crippen LogP contribution in [0.5, 0.6) is 17.4 Å². The molecule has 3 aromatic carbocycles. The Balaban J connectivity index is 1.67. The third-order valence-corrected chi connectivity index (χ3v) is 10.9. The summed E-state index contributed by atoms with van der Waals surface area (Å²) in [7, 11) is 0.0991. The molecule has 49 heavy (non-hydrogen) atoms. The lowest BCUT2D eigenvalue weighted by Crippen LogP contribution is -2.40. The first kappa shape index (κ1) is 34.9. The van der Waals surface area contributed by atoms with E-state index in [0.717, 1.165) is 5.39 Å². The number of carboxylic acid groups (broad SMARTS) is 1. The van der Waals surface area contributed by atoms with Gasteiger partial charge in [-0.2, -0.15) is 0 Å². The monoisotopic (exact) mass is 694 g/mol. The molecule has 15 heteroatoms. The Morgan fingerprint density at radius 2 is 1.67 bits per heavy atom. The Kier molecular flexibility index (Phi) is 9.94. The molecule has 1 aliphatic heterocycles. The molecule has 0 unspecified atom stereocenters. The molecule has 2 amide bonds. The van der Waals surface area contributed by atoms with Crippen molar-refractivity contribution in [3.05, 3.63) is 71.9 Å². The minimum atomic E-state index is -4.00. The Labute approximate surface area is 282 Å². The number of H-pyrrole nitrogens is 1. The maximum absolute atomic E-state index is 14.8. The number of hydrogen-bond acceptors (Lipinski definition) is 10. The second-order valence-corrected chi connectivity index (χ2v) is 14.3. The Hall–Kier alpha value is -5.44. The predicted molar refractivity (Wildman–Crippen MR) is 181 cm³/mol. The lowest BCUT2D eigenvalue weighted by Gasteiger charge is -2.33. The number of rotatable bonds is 11. The van der Waals surface area contributed by atoms with Gasteiger partial charge in [0.05, 0.1) is 43.4 Å². The number of aromatic amines is 1. The number of likely N-dealkylation sites (tertiary alicyclic amines) is 1. The molecule has 1 aliphatic rings. The fraction of sp³-hybridized carbons (Fsp3) is 0.324. The van der Waals surface area contributed by atoms with Crippen LogP contribution in [0.1, 0.15) is 43.5 Å². The SMILES string of the molecule is COC(=O)Nc1ccc(S(=O)(=O)C(C)C)c([C@H]2[C@@H](C(=O)O)CCN2C(=O)[C@H](Nc2ccc3c[nH]c(O)c3c2)c2ccc(OC)c(OC)c2)c1. The number of aromatic hydroxyl groups is 1. The number of sulfone groups is 1. The number of carbonyl (C=O) groups is 3. The van der Waals surface area contributed by atoms with Gasteiger partial charge in [-0.25, -0.2) is 13.2 Å². The molecule has 3 atom stereocenters. The zero-order chi connectivity index (χ0) is 35.6. The van der Waals surface area contributed by atoms with E-state index in [-0.39, 0.29) is 35.0 Å². The van der Waals surface area contributed by atoms with Gasteiger partial charge in [-0.15, -0.1) is 0 Å². The number of amides is 2. The summed E-state index contributed by atoms with van der Waals surface area (Å²) in [5, 5.41) is 26.8. The van der Waals surface area contributed by atoms with Gasteiger partial charge in [-0.05, 0) is 73.9 Å². The molecular weight excluding hydrogens is 656 g/mol. The number of nitrogens with one attached hydrogen (secondary N) is 3. The number of carboxylic acids is 1. The minimum Gasteiger partial charge on any atom is -0.494 e. The van der Waals surface area contributed by atoms with Gasteiger partial charge in [-0.1, -0.05) is 12.1 Å². The molecule has 260 valence electrons. The molecule has 1 aromatic heterocycles. The van der Waals surface area contributed by atoms with E-state index in [1.54, 1.807) is 42.6 Å². The molecular formula is C34H38N4O10S. The number of nitrogens with zero attached hydrogens (tertiary/aromatic N) is 1. The number of benzene rings is 3. The van der Waals surface area contributed by atoms with Crippen LogP contribution in [0.15, 0.2) is 65.7 Å². The molecule has 5 N–H and O–H groups in total. The minimum absolute atomic E-state index is 0.0145. The van der Waals surface area contributed by atoms with E-state index in [1.165, 1.54) is 58.3 Å². The fourth-order valence-corrected chi connectivity index (χ4v) is 7.35. The average molecular weight is 695 g/mol. The largest absolute Gasteiger partial charge is 0.494 e. The van der Waals surface area contributed by atoms with Crippen molar-refractivity contribution < 1.29 is 47.2 Å². The Bertz CT molecular complexity index is 2010. The topological polar surface area (TPSA) is 197 Å². The fourth-order valence-electron chi connectivity index (χ4n) is 6.08. The molecule has 1 fully saturated rings. The van der Waals surface area contributed by atoms with Crippen molar-refractivity contribution in [2.75, 3.05) is 38.5 Å². The predicted octanol–water partition coefficient (Wildman–Crippen LogP) is 5.08. The van der Waals surface area contributed by atoms with Crippen molar-refractivity contribution in [1.29, 1.82) is 0 Å². The van der Waals surface area contributed by atoms with Gasteiger partial charge in [0, 0.05) is 34.9 Å². The van der Waals surface area contributed by atoms with Gasteiger partial charge in [-0.3, -0.25) is 14.9 Å². The molecule has 14 nitrogen and oxygen atoms in total. The van der Waals surface area contributed by atoms with Gasteiger partial charge in [0.1, 0.15) is 6.04 Å². The molecule has 0 aliphatic carbocycles. The summed E-state index contributed by atoms with van der Waals surface area (Å²) >= 11 is 0. The van der Waals surface area contributed by atoms with Crippen molar-refractivity contribution in [1.82, 2.24) is 9.88 Å². The number of aromatic nitrogens is 1. The lowest BCUT2D eigenvalue weighted by atomic mass is 9.92. The highest BCUT2D eigenvalue weighted by Gasteiger charge is 2.46. The van der Waals surface area contributed by atoms with Gasteiger partial charge < -0.3 is 39.6 Å². The number of carbonyl (C=O) groups excluding carboxylic acids is 2. The molecule has 0 spiro atoms. The van der Waals surface area contributed by atoms with Crippen molar-refractivity contribution in [2.24, 2.45) is 5.92 Å². The van der Waals surface area contributed by atoms with Gasteiger partial charge in [0.15, 0.2) is 27.2 Å². The van der Waals surface area contributed by atoms with Crippen LogP contribution in [0.3, 0.4) is 0 Å². The average Bonchev–Trinajstić information content (AvgIpc) is 3.70. The van der Waals surface area contributed by atoms with Crippen LogP contribution < -0.4 is 20.1 Å². The van der Waals surface area contributed by atoms with Crippen molar-refractivity contribution >= 4 is 50.0 Å². The first-order valence-electron chi connectivity index (χ1n) is 15.3. The van der Waals surface area contributed by atoms with Crippen LogP contribution in [0.4, 0.5) is 16.2 Å². The standard InChI is InChI=1S/C34H38N4O10S/c1-18(2)49(44,45)28-11-9-22(37-34(43)48-5)16-25(28)30-23(33(41)42)12-13-38(30)32(40)29(19-7-10-26(46-3)27(14-19)47-4)36-21-8-6-20-17-35-31(39)24(20)15-21/h6-11,14-18,23,29-30,35-36,39H,12-13H2,1-5H3,(H,37,43)(H,41,42)/t23-,29+,30+/m0/s1. The first-order chi connectivity index (χ1) is 23.3. The normalized spacial score (nSPS) is 16.7. The summed E-state index contributed by atoms with van der Waals surface area (Å²) in [6.07, 6.45) is 0.851. The summed E-state index contributed by atoms with van der Waals surface area (Å²) in [6.45, 7) is 2.99. The smallest absolute Gasteiger partial charge is 0.411 e. The second-order valence-electron chi connectivity index (χ2n) is 11.8. The quantitative estimate of drug-likeness (QED) is 0.140. The highest BCUT2D eigenvalue weighted by Crippen LogP contribution is 2.44. The van der Waals surface area contributed by atoms with E-state index in [1.807, 2.05) is 0 Å². The maximum Gasteiger partial charge on any atom is 0.411 e. The summed E-state index contributed by atoms with van der Waals surface area (Å²) < 4.78 is 42.9. The highest BCUT2D eigenvalue weighted by atomic mass is 32.2. The molecule has 0 radical (unpaired) electrons. The molecule has 5 rings (SSSR count). The molecule has 0 saturated carbocycles. The Morgan fingerprint density at radius 3 is 2.33 bits per heavy atom. The molecule has 2 heterocycles. The van der Waals surface area contributed by atoms with E-state index in [2.05, 4.69) is 15.6 Å². The molecule has 1 saturated heterocycles. The number of anilines is 2. The Morgan fingerprint density at radius 1 is 0.959 bits per heavy atom. The number of aliphatic carboxylic acids is 1.